The maximum Gasteiger partial charge on any atom is 0.0478 e. The number of piperazine rings is 1. The molecule has 1 aromatic rings. The average molecular weight is 281 g/mol. The Bertz CT molecular complexity index is 405. The summed E-state index contributed by atoms with van der Waals surface area (Å²) in [7, 11) is 2.23. The molecule has 3 rings (SSSR count). The molecule has 3 heteroatoms. The number of hydrogen-bond donors (Lipinski definition) is 0. The van der Waals surface area contributed by atoms with Gasteiger partial charge in [0.1, 0.15) is 0 Å². The van der Waals surface area contributed by atoms with E-state index >= 15 is 0 Å². The third kappa shape index (κ3) is 1.71. The minimum Gasteiger partial charge on any atom is -0.303 e. The Morgan fingerprint density at radius 3 is 3.00 bits per heavy atom. The largest absolute Gasteiger partial charge is 0.303 e. The topological polar surface area (TPSA) is 6.48 Å². The fourth-order valence-electron chi connectivity index (χ4n) is 2.93. The predicted molar refractivity (Wildman–Crippen MR) is 69.7 cm³/mol. The van der Waals surface area contributed by atoms with Crippen molar-refractivity contribution in [3.63, 3.8) is 0 Å². The van der Waals surface area contributed by atoms with Crippen LogP contribution >= 0.6 is 15.9 Å². The Kier molecular flexibility index (Phi) is 2.78. The van der Waals surface area contributed by atoms with E-state index in [9.17, 15) is 0 Å². The summed E-state index contributed by atoms with van der Waals surface area (Å²) in [6.45, 7) is 4.81. The summed E-state index contributed by atoms with van der Waals surface area (Å²) < 4.78 is 1.29. The maximum atomic E-state index is 3.68. The quantitative estimate of drug-likeness (QED) is 0.720. The number of likely N-dealkylation sites (N-methyl/N-ethyl adjacent to an activating group) is 1. The first kappa shape index (κ1) is 10.8. The Labute approximate surface area is 105 Å². The van der Waals surface area contributed by atoms with Crippen LogP contribution in [0.15, 0.2) is 22.7 Å². The highest BCUT2D eigenvalue weighted by Gasteiger charge is 2.31. The first-order chi connectivity index (χ1) is 7.75. The second-order valence-electron chi connectivity index (χ2n) is 4.87. The van der Waals surface area contributed by atoms with Crippen LogP contribution in [0.5, 0.6) is 0 Å². The lowest BCUT2D eigenvalue weighted by molar-refractivity contribution is 0.0824. The van der Waals surface area contributed by atoms with E-state index in [2.05, 4.69) is 51.0 Å². The number of benzene rings is 1. The molecule has 0 spiro atoms. The van der Waals surface area contributed by atoms with Gasteiger partial charge in [0.25, 0.3) is 0 Å². The monoisotopic (exact) mass is 280 g/mol. The molecule has 0 aromatic heterocycles. The minimum atomic E-state index is 0.611. The number of nitrogens with zero attached hydrogens (tertiary/aromatic N) is 2. The molecule has 1 aromatic carbocycles. The molecule has 86 valence electrons. The van der Waals surface area contributed by atoms with Crippen molar-refractivity contribution in [2.75, 3.05) is 33.2 Å². The molecule has 0 bridgehead atoms. The zero-order valence-electron chi connectivity index (χ0n) is 9.62. The van der Waals surface area contributed by atoms with Crippen LogP contribution in [0.2, 0.25) is 0 Å². The molecular weight excluding hydrogens is 264 g/mol. The molecule has 0 N–H and O–H groups in total. The lowest BCUT2D eigenvalue weighted by Gasteiger charge is -2.44. The van der Waals surface area contributed by atoms with Crippen LogP contribution in [0.1, 0.15) is 17.2 Å². The van der Waals surface area contributed by atoms with Crippen LogP contribution in [-0.2, 0) is 6.42 Å². The highest BCUT2D eigenvalue weighted by molar-refractivity contribution is 9.10. The van der Waals surface area contributed by atoms with Crippen molar-refractivity contribution >= 4 is 15.9 Å². The Balaban J connectivity index is 2.00. The van der Waals surface area contributed by atoms with Crippen molar-refractivity contribution in [2.45, 2.75) is 12.5 Å². The fraction of sp³-hybridized carbons (Fsp3) is 0.538. The molecule has 0 amide bonds. The molecule has 1 atom stereocenters. The number of halogens is 1. The van der Waals surface area contributed by atoms with E-state index in [4.69, 9.17) is 0 Å². The zero-order valence-corrected chi connectivity index (χ0v) is 11.2. The van der Waals surface area contributed by atoms with Gasteiger partial charge in [-0.3, -0.25) is 4.90 Å². The average Bonchev–Trinajstić information content (AvgIpc) is 2.29. The normalized spacial score (nSPS) is 26.2. The van der Waals surface area contributed by atoms with Crippen molar-refractivity contribution in [2.24, 2.45) is 0 Å². The molecule has 0 saturated carbocycles. The van der Waals surface area contributed by atoms with Gasteiger partial charge in [-0.15, -0.1) is 0 Å². The van der Waals surface area contributed by atoms with Crippen LogP contribution in [0.3, 0.4) is 0 Å². The summed E-state index contributed by atoms with van der Waals surface area (Å²) in [6, 6.07) is 7.25. The third-order valence-corrected chi connectivity index (χ3v) is 4.60. The molecule has 2 aliphatic heterocycles. The van der Waals surface area contributed by atoms with Crippen molar-refractivity contribution in [3.8, 4) is 0 Å². The van der Waals surface area contributed by atoms with Crippen LogP contribution in [0.4, 0.5) is 0 Å². The Morgan fingerprint density at radius 1 is 1.25 bits per heavy atom. The van der Waals surface area contributed by atoms with E-state index in [1.54, 1.807) is 0 Å². The van der Waals surface area contributed by atoms with Gasteiger partial charge >= 0.3 is 0 Å². The van der Waals surface area contributed by atoms with Gasteiger partial charge in [-0.1, -0.05) is 28.1 Å². The van der Waals surface area contributed by atoms with Gasteiger partial charge in [0.05, 0.1) is 0 Å². The van der Waals surface area contributed by atoms with E-state index < -0.39 is 0 Å². The molecule has 2 aliphatic rings. The summed E-state index contributed by atoms with van der Waals surface area (Å²) in [4.78, 5) is 5.08. The van der Waals surface area contributed by atoms with E-state index in [1.165, 1.54) is 48.2 Å². The van der Waals surface area contributed by atoms with Crippen LogP contribution in [0, 0.1) is 0 Å². The SMILES string of the molecule is CN1CCN2CCc3c(Br)cccc3C2C1. The van der Waals surface area contributed by atoms with Gasteiger partial charge < -0.3 is 4.90 Å². The van der Waals surface area contributed by atoms with Crippen molar-refractivity contribution < 1.29 is 0 Å². The van der Waals surface area contributed by atoms with E-state index in [-0.39, 0.29) is 0 Å². The standard InChI is InChI=1S/C13H17BrN2/c1-15-7-8-16-6-5-10-11(13(16)9-15)3-2-4-12(10)14/h2-4,13H,5-9H2,1H3. The molecule has 1 unspecified atom stereocenters. The van der Waals surface area contributed by atoms with Crippen molar-refractivity contribution in [3.05, 3.63) is 33.8 Å². The van der Waals surface area contributed by atoms with Crippen LogP contribution < -0.4 is 0 Å². The van der Waals surface area contributed by atoms with Gasteiger partial charge in [0.2, 0.25) is 0 Å². The highest BCUT2D eigenvalue weighted by Crippen LogP contribution is 2.35. The van der Waals surface area contributed by atoms with Gasteiger partial charge in [0.15, 0.2) is 0 Å². The van der Waals surface area contributed by atoms with Crippen LogP contribution in [-0.4, -0.2) is 43.0 Å². The minimum absolute atomic E-state index is 0.611. The summed E-state index contributed by atoms with van der Waals surface area (Å²) in [5.41, 5.74) is 3.06. The summed E-state index contributed by atoms with van der Waals surface area (Å²) in [5, 5.41) is 0. The molecule has 0 aliphatic carbocycles. The molecular formula is C13H17BrN2. The van der Waals surface area contributed by atoms with Gasteiger partial charge in [0, 0.05) is 36.7 Å². The Morgan fingerprint density at radius 2 is 2.12 bits per heavy atom. The second-order valence-corrected chi connectivity index (χ2v) is 5.73. The smallest absolute Gasteiger partial charge is 0.0478 e. The fourth-order valence-corrected chi connectivity index (χ4v) is 3.51. The van der Waals surface area contributed by atoms with Crippen molar-refractivity contribution in [1.29, 1.82) is 0 Å². The van der Waals surface area contributed by atoms with E-state index in [1.807, 2.05) is 0 Å². The summed E-state index contributed by atoms with van der Waals surface area (Å²) in [5.74, 6) is 0. The highest BCUT2D eigenvalue weighted by atomic mass is 79.9. The Hall–Kier alpha value is -0.380. The van der Waals surface area contributed by atoms with Gasteiger partial charge in [-0.05, 0) is 30.7 Å². The van der Waals surface area contributed by atoms with Crippen molar-refractivity contribution in [1.82, 2.24) is 9.80 Å². The van der Waals surface area contributed by atoms with Crippen LogP contribution in [0.25, 0.3) is 0 Å². The molecule has 2 heterocycles. The molecule has 1 fully saturated rings. The molecule has 16 heavy (non-hydrogen) atoms. The number of hydrogen-bond acceptors (Lipinski definition) is 2. The lowest BCUT2D eigenvalue weighted by Crippen LogP contribution is -2.49. The molecule has 1 saturated heterocycles. The molecule has 0 radical (unpaired) electrons. The molecule has 2 nitrogen and oxygen atoms in total. The van der Waals surface area contributed by atoms with E-state index in [0.717, 1.165) is 0 Å². The maximum absolute atomic E-state index is 3.68. The second kappa shape index (κ2) is 4.13. The van der Waals surface area contributed by atoms with E-state index in [0.29, 0.717) is 6.04 Å². The summed E-state index contributed by atoms with van der Waals surface area (Å²) in [6.07, 6.45) is 1.19. The number of rotatable bonds is 0. The first-order valence-corrected chi connectivity index (χ1v) is 6.75. The zero-order chi connectivity index (χ0) is 11.1. The van der Waals surface area contributed by atoms with Gasteiger partial charge in [-0.2, -0.15) is 0 Å². The number of fused-ring (bicyclic) bond motifs is 3. The predicted octanol–water partition coefficient (Wildman–Crippen LogP) is 2.29. The summed E-state index contributed by atoms with van der Waals surface area (Å²) >= 11 is 3.68. The van der Waals surface area contributed by atoms with Gasteiger partial charge in [-0.25, -0.2) is 0 Å². The first-order valence-electron chi connectivity index (χ1n) is 5.95. The third-order valence-electron chi connectivity index (χ3n) is 3.86. The lowest BCUT2D eigenvalue weighted by atomic mass is 9.91.